The highest BCUT2D eigenvalue weighted by Crippen LogP contribution is 2.23. The topological polar surface area (TPSA) is 13.1 Å². The second kappa shape index (κ2) is 8.24. The summed E-state index contributed by atoms with van der Waals surface area (Å²) in [6, 6.07) is 25.1. The van der Waals surface area contributed by atoms with Crippen molar-refractivity contribution in [2.75, 3.05) is 0 Å². The number of hydrogen-bond donors (Lipinski definition) is 0. The van der Waals surface area contributed by atoms with Crippen LogP contribution in [0, 0.1) is 19.3 Å². The van der Waals surface area contributed by atoms with Gasteiger partial charge in [-0.2, -0.15) is 4.57 Å². The van der Waals surface area contributed by atoms with Gasteiger partial charge in [0.05, 0.1) is 5.39 Å². The van der Waals surface area contributed by atoms with Crippen LogP contribution < -0.4 is 26.3 Å². The van der Waals surface area contributed by atoms with Crippen LogP contribution in [0.15, 0.2) is 72.8 Å². The van der Waals surface area contributed by atoms with E-state index in [2.05, 4.69) is 84.1 Å². The molecular formula is C24H20BrNO. The van der Waals surface area contributed by atoms with E-state index in [9.17, 15) is 0 Å². The third kappa shape index (κ3) is 3.82. The predicted octanol–water partition coefficient (Wildman–Crippen LogP) is 1.81. The molecule has 0 aliphatic rings. The fourth-order valence-electron chi connectivity index (χ4n) is 3.37. The Morgan fingerprint density at radius 1 is 0.926 bits per heavy atom. The largest absolute Gasteiger partial charge is 1.00 e. The second-order valence-electron chi connectivity index (χ2n) is 6.41. The molecule has 0 unspecified atom stereocenters. The Morgan fingerprint density at radius 3 is 2.59 bits per heavy atom. The van der Waals surface area contributed by atoms with Crippen molar-refractivity contribution < 1.29 is 26.3 Å². The number of rotatable bonds is 4. The van der Waals surface area contributed by atoms with Gasteiger partial charge in [-0.3, -0.25) is 0 Å². The lowest BCUT2D eigenvalue weighted by Gasteiger charge is -2.10. The molecule has 0 aliphatic carbocycles. The Labute approximate surface area is 170 Å². The summed E-state index contributed by atoms with van der Waals surface area (Å²) < 4.78 is 8.23. The first-order valence-electron chi connectivity index (χ1n) is 8.72. The lowest BCUT2D eigenvalue weighted by atomic mass is 10.1. The fourth-order valence-corrected chi connectivity index (χ4v) is 3.37. The molecule has 0 atom stereocenters. The average Bonchev–Trinajstić information content (AvgIpc) is 2.68. The van der Waals surface area contributed by atoms with Crippen molar-refractivity contribution in [3.63, 3.8) is 0 Å². The molecule has 0 aliphatic heterocycles. The Bertz CT molecular complexity index is 1140. The number of pyridine rings is 1. The van der Waals surface area contributed by atoms with Gasteiger partial charge >= 0.3 is 0 Å². The number of nitrogens with zero attached hydrogens (tertiary/aromatic N) is 1. The molecule has 4 rings (SSSR count). The first-order chi connectivity index (χ1) is 12.8. The van der Waals surface area contributed by atoms with E-state index in [0.717, 1.165) is 22.3 Å². The summed E-state index contributed by atoms with van der Waals surface area (Å²) in [6.45, 7) is 3.18. The third-order valence-electron chi connectivity index (χ3n) is 4.74. The van der Waals surface area contributed by atoms with Crippen LogP contribution >= 0.6 is 0 Å². The monoisotopic (exact) mass is 417 g/mol. The number of aromatic nitrogens is 1. The van der Waals surface area contributed by atoms with E-state index >= 15 is 0 Å². The van der Waals surface area contributed by atoms with Gasteiger partial charge in [-0.1, -0.05) is 42.5 Å². The smallest absolute Gasteiger partial charge is 0.213 e. The van der Waals surface area contributed by atoms with Crippen molar-refractivity contribution in [2.45, 2.75) is 20.1 Å². The normalized spacial score (nSPS) is 10.4. The number of aryl methyl sites for hydroxylation is 1. The van der Waals surface area contributed by atoms with E-state index in [0.29, 0.717) is 13.2 Å². The second-order valence-corrected chi connectivity index (χ2v) is 6.41. The van der Waals surface area contributed by atoms with Gasteiger partial charge in [0.25, 0.3) is 0 Å². The standard InChI is InChI=1S/C24H20NO.BrH/c1-3-15-25-18(2)11-12-20-16-22(13-14-24(20)25)26-17-21-9-6-8-19-7-4-5-10-23(19)21;/h1,4-14,16H,15,17H2,2H3;1H/q+1;/p-1. The number of benzene rings is 3. The third-order valence-corrected chi connectivity index (χ3v) is 4.74. The zero-order valence-electron chi connectivity index (χ0n) is 15.2. The molecule has 1 aromatic heterocycles. The van der Waals surface area contributed by atoms with Crippen molar-refractivity contribution in [3.8, 4) is 18.1 Å². The molecule has 1 heterocycles. The van der Waals surface area contributed by atoms with Crippen LogP contribution in [0.4, 0.5) is 0 Å². The molecule has 0 N–H and O–H groups in total. The molecule has 0 spiro atoms. The molecule has 0 bridgehead atoms. The zero-order chi connectivity index (χ0) is 17.9. The van der Waals surface area contributed by atoms with Gasteiger partial charge in [0, 0.05) is 19.1 Å². The molecule has 3 aromatic carbocycles. The van der Waals surface area contributed by atoms with Crippen LogP contribution in [0.2, 0.25) is 0 Å². The molecule has 2 nitrogen and oxygen atoms in total. The van der Waals surface area contributed by atoms with Crippen molar-refractivity contribution >= 4 is 21.7 Å². The van der Waals surface area contributed by atoms with E-state index in [1.165, 1.54) is 16.3 Å². The van der Waals surface area contributed by atoms with Gasteiger partial charge in [0.2, 0.25) is 12.1 Å². The number of halogens is 1. The van der Waals surface area contributed by atoms with E-state index in [1.54, 1.807) is 0 Å². The molecule has 0 fully saturated rings. The van der Waals surface area contributed by atoms with Crippen molar-refractivity contribution in [3.05, 3.63) is 84.1 Å². The minimum absolute atomic E-state index is 0. The van der Waals surface area contributed by atoms with E-state index in [4.69, 9.17) is 11.2 Å². The fraction of sp³-hybridized carbons (Fsp3) is 0.125. The summed E-state index contributed by atoms with van der Waals surface area (Å²) in [5, 5.41) is 3.59. The van der Waals surface area contributed by atoms with Crippen LogP contribution in [-0.2, 0) is 13.2 Å². The van der Waals surface area contributed by atoms with Gasteiger partial charge in [0.1, 0.15) is 12.4 Å². The Balaban J connectivity index is 0.00000210. The molecular weight excluding hydrogens is 398 g/mol. The maximum absolute atomic E-state index is 6.09. The van der Waals surface area contributed by atoms with Crippen molar-refractivity contribution in [1.82, 2.24) is 0 Å². The summed E-state index contributed by atoms with van der Waals surface area (Å²) in [4.78, 5) is 0. The molecule has 3 heteroatoms. The van der Waals surface area contributed by atoms with Crippen LogP contribution in [0.3, 0.4) is 0 Å². The molecule has 0 saturated carbocycles. The van der Waals surface area contributed by atoms with Crippen LogP contribution in [0.25, 0.3) is 21.7 Å². The maximum atomic E-state index is 6.09. The quantitative estimate of drug-likeness (QED) is 0.364. The van der Waals surface area contributed by atoms with Crippen molar-refractivity contribution in [1.29, 1.82) is 0 Å². The summed E-state index contributed by atoms with van der Waals surface area (Å²) >= 11 is 0. The lowest BCUT2D eigenvalue weighted by molar-refractivity contribution is -0.664. The molecule has 134 valence electrons. The summed E-state index contributed by atoms with van der Waals surface area (Å²) in [5.74, 6) is 3.59. The average molecular weight is 418 g/mol. The summed E-state index contributed by atoms with van der Waals surface area (Å²) in [5.41, 5.74) is 3.47. The Morgan fingerprint density at radius 2 is 1.74 bits per heavy atom. The number of ether oxygens (including phenoxy) is 1. The summed E-state index contributed by atoms with van der Waals surface area (Å²) in [6.07, 6.45) is 5.51. The minimum Gasteiger partial charge on any atom is -1.00 e. The van der Waals surface area contributed by atoms with Gasteiger partial charge < -0.3 is 21.7 Å². The number of hydrogen-bond acceptors (Lipinski definition) is 1. The molecule has 0 amide bonds. The Kier molecular flexibility index (Phi) is 5.78. The molecule has 4 aromatic rings. The van der Waals surface area contributed by atoms with Crippen molar-refractivity contribution in [2.24, 2.45) is 0 Å². The minimum atomic E-state index is 0. The molecule has 0 radical (unpaired) electrons. The van der Waals surface area contributed by atoms with Crippen LogP contribution in [-0.4, -0.2) is 0 Å². The highest BCUT2D eigenvalue weighted by molar-refractivity contribution is 5.85. The van der Waals surface area contributed by atoms with Gasteiger partial charge in [-0.05, 0) is 40.5 Å². The summed E-state index contributed by atoms with van der Waals surface area (Å²) in [7, 11) is 0. The zero-order valence-corrected chi connectivity index (χ0v) is 16.7. The number of terminal acetylenes is 1. The van der Waals surface area contributed by atoms with Gasteiger partial charge in [-0.25, -0.2) is 0 Å². The highest BCUT2D eigenvalue weighted by atomic mass is 79.9. The Hall–Kier alpha value is -2.83. The highest BCUT2D eigenvalue weighted by Gasteiger charge is 2.12. The van der Waals surface area contributed by atoms with E-state index in [-0.39, 0.29) is 17.0 Å². The van der Waals surface area contributed by atoms with Crippen LogP contribution in [0.5, 0.6) is 5.75 Å². The van der Waals surface area contributed by atoms with E-state index in [1.807, 2.05) is 6.07 Å². The van der Waals surface area contributed by atoms with E-state index < -0.39 is 0 Å². The number of fused-ring (bicyclic) bond motifs is 2. The lowest BCUT2D eigenvalue weighted by Crippen LogP contribution is -3.00. The maximum Gasteiger partial charge on any atom is 0.213 e. The van der Waals surface area contributed by atoms with Gasteiger partial charge in [0.15, 0.2) is 5.69 Å². The van der Waals surface area contributed by atoms with Crippen LogP contribution in [0.1, 0.15) is 11.3 Å². The first kappa shape index (κ1) is 18.9. The SMILES string of the molecule is C#CC[n+]1c(C)ccc2cc(OCc3cccc4ccccc34)ccc21.[Br-]. The predicted molar refractivity (Wildman–Crippen MR) is 106 cm³/mol. The van der Waals surface area contributed by atoms with Gasteiger partial charge in [-0.15, -0.1) is 6.42 Å². The molecule has 0 saturated heterocycles. The first-order valence-corrected chi connectivity index (χ1v) is 8.72. The molecule has 27 heavy (non-hydrogen) atoms.